The zero-order chi connectivity index (χ0) is 30.5. The maximum atomic E-state index is 15.7. The van der Waals surface area contributed by atoms with E-state index < -0.39 is 70.3 Å². The molecule has 4 rings (SSSR count). The highest BCUT2D eigenvalue weighted by Gasteiger charge is 2.69. The second-order valence-corrected chi connectivity index (χ2v) is 12.3. The number of carbonyl (C=O) groups excluding carboxylic acids is 6. The Labute approximate surface area is 239 Å². The lowest BCUT2D eigenvalue weighted by molar-refractivity contribution is -0.314. The van der Waals surface area contributed by atoms with Crippen LogP contribution in [0.1, 0.15) is 80.1 Å². The van der Waals surface area contributed by atoms with Crippen LogP contribution in [0.4, 0.5) is 4.39 Å². The van der Waals surface area contributed by atoms with Crippen molar-refractivity contribution in [3.8, 4) is 0 Å². The van der Waals surface area contributed by atoms with Gasteiger partial charge >= 0.3 is 23.9 Å². The molecule has 10 heteroatoms. The molecule has 0 spiro atoms. The summed E-state index contributed by atoms with van der Waals surface area (Å²) in [4.78, 5) is 78.1. The van der Waals surface area contributed by atoms with Gasteiger partial charge in [0, 0.05) is 42.9 Å². The predicted molar refractivity (Wildman–Crippen MR) is 142 cm³/mol. The van der Waals surface area contributed by atoms with E-state index in [0.29, 0.717) is 12.0 Å². The van der Waals surface area contributed by atoms with Gasteiger partial charge in [0.1, 0.15) is 12.0 Å². The molecular formula is C31H39FO9. The van der Waals surface area contributed by atoms with Crippen molar-refractivity contribution in [2.45, 2.75) is 92.2 Å². The maximum absolute atomic E-state index is 15.7. The molecule has 41 heavy (non-hydrogen) atoms. The quantitative estimate of drug-likeness (QED) is 0.306. The van der Waals surface area contributed by atoms with Gasteiger partial charge in [-0.2, -0.15) is 0 Å². The first-order chi connectivity index (χ1) is 19.2. The van der Waals surface area contributed by atoms with Crippen molar-refractivity contribution < 1.29 is 47.4 Å². The molecule has 0 radical (unpaired) electrons. The Bertz CT molecular complexity index is 1190. The first-order valence-electron chi connectivity index (χ1n) is 14.5. The van der Waals surface area contributed by atoms with E-state index in [1.807, 2.05) is 6.92 Å². The smallest absolute Gasteiger partial charge is 0.382 e. The van der Waals surface area contributed by atoms with Crippen LogP contribution in [-0.4, -0.2) is 47.4 Å². The average molecular weight is 575 g/mol. The van der Waals surface area contributed by atoms with Gasteiger partial charge in [-0.25, -0.2) is 4.39 Å². The predicted octanol–water partition coefficient (Wildman–Crippen LogP) is 4.37. The Morgan fingerprint density at radius 2 is 1.49 bits per heavy atom. The Morgan fingerprint density at radius 3 is 2.00 bits per heavy atom. The van der Waals surface area contributed by atoms with Gasteiger partial charge < -0.3 is 14.2 Å². The van der Waals surface area contributed by atoms with Crippen molar-refractivity contribution in [3.05, 3.63) is 23.8 Å². The number of allylic oxidation sites excluding steroid dienone is 4. The Hall–Kier alpha value is -3.17. The van der Waals surface area contributed by atoms with Crippen molar-refractivity contribution >= 4 is 35.3 Å². The molecule has 0 aromatic rings. The van der Waals surface area contributed by atoms with Gasteiger partial charge in [-0.05, 0) is 53.7 Å². The largest absolute Gasteiger partial charge is 0.489 e. The van der Waals surface area contributed by atoms with E-state index in [-0.39, 0.29) is 49.6 Å². The summed E-state index contributed by atoms with van der Waals surface area (Å²) in [6.45, 7) is 9.81. The number of ketones is 3. The van der Waals surface area contributed by atoms with Crippen LogP contribution in [0.2, 0.25) is 0 Å². The number of rotatable bonds is 8. The summed E-state index contributed by atoms with van der Waals surface area (Å²) in [7, 11) is 0. The Kier molecular flexibility index (Phi) is 8.19. The number of ether oxygens (including phenoxy) is 3. The van der Waals surface area contributed by atoms with Gasteiger partial charge in [0.2, 0.25) is 0 Å². The maximum Gasteiger partial charge on any atom is 0.489 e. The van der Waals surface area contributed by atoms with Crippen molar-refractivity contribution in [1.29, 1.82) is 0 Å². The minimum Gasteiger partial charge on any atom is -0.382 e. The average Bonchev–Trinajstić information content (AvgIpc) is 3.17. The van der Waals surface area contributed by atoms with Gasteiger partial charge in [-0.3, -0.25) is 28.8 Å². The number of carbonyl (C=O) groups is 6. The highest BCUT2D eigenvalue weighted by atomic mass is 19.1. The fourth-order valence-corrected chi connectivity index (χ4v) is 8.04. The molecule has 4 aliphatic rings. The topological polar surface area (TPSA) is 130 Å². The highest BCUT2D eigenvalue weighted by molar-refractivity contribution is 6.02. The van der Waals surface area contributed by atoms with E-state index >= 15 is 4.39 Å². The molecule has 8 atom stereocenters. The molecule has 2 unspecified atom stereocenters. The molecule has 4 aliphatic carbocycles. The third-order valence-corrected chi connectivity index (χ3v) is 9.77. The third kappa shape index (κ3) is 4.97. The summed E-state index contributed by atoms with van der Waals surface area (Å²) in [6.07, 6.45) is 2.76. The molecule has 0 saturated heterocycles. The van der Waals surface area contributed by atoms with Crippen molar-refractivity contribution in [3.63, 3.8) is 0 Å². The molecule has 3 fully saturated rings. The summed E-state index contributed by atoms with van der Waals surface area (Å²) in [5.74, 6) is -9.81. The number of hydrogen-bond acceptors (Lipinski definition) is 9. The molecule has 0 bridgehead atoms. The van der Waals surface area contributed by atoms with E-state index in [1.54, 1.807) is 19.9 Å². The van der Waals surface area contributed by atoms with Crippen LogP contribution in [0.25, 0.3) is 0 Å². The van der Waals surface area contributed by atoms with Gasteiger partial charge in [0.15, 0.2) is 5.78 Å². The van der Waals surface area contributed by atoms with Crippen LogP contribution in [0.15, 0.2) is 23.8 Å². The van der Waals surface area contributed by atoms with Crippen LogP contribution in [-0.2, 0) is 43.0 Å². The summed E-state index contributed by atoms with van der Waals surface area (Å²) in [6, 6.07) is 0. The molecular weight excluding hydrogens is 535 g/mol. The molecule has 0 heterocycles. The summed E-state index contributed by atoms with van der Waals surface area (Å²) in [5, 5.41) is 0. The number of fused-ring (bicyclic) bond motifs is 5. The summed E-state index contributed by atoms with van der Waals surface area (Å²) < 4.78 is 31.8. The Morgan fingerprint density at radius 1 is 0.951 bits per heavy atom. The zero-order valence-corrected chi connectivity index (χ0v) is 24.5. The van der Waals surface area contributed by atoms with Crippen LogP contribution < -0.4 is 0 Å². The fraction of sp³-hybridized carbons (Fsp3) is 0.677. The monoisotopic (exact) mass is 574 g/mol. The summed E-state index contributed by atoms with van der Waals surface area (Å²) in [5.41, 5.74) is -1.68. The minimum absolute atomic E-state index is 0.0262. The highest BCUT2D eigenvalue weighted by Crippen LogP contribution is 2.67. The van der Waals surface area contributed by atoms with E-state index in [4.69, 9.17) is 14.2 Å². The van der Waals surface area contributed by atoms with Crippen molar-refractivity contribution in [2.75, 3.05) is 0 Å². The second kappa shape index (κ2) is 10.9. The fourth-order valence-electron chi connectivity index (χ4n) is 8.04. The standard InChI is InChI=1S/C31H39FO9/c1-7-23(35)39-31(40-24(36)8-2,41-25(37)9-3)28(38)26-16(4)12-19-18-14-21(32)20-13-17(33)10-11-29(20,5)27(18)22(34)15-30(19,26)6/h10-11,13,16,18-19,21,26-27H,7-9,12,14-15H2,1-6H3/t16?,18-,19-,21?,26+,27+,29-,30-/m0/s1. The molecule has 0 amide bonds. The minimum atomic E-state index is -2.94. The first kappa shape index (κ1) is 30.8. The molecule has 0 aromatic heterocycles. The lowest BCUT2D eigenvalue weighted by Crippen LogP contribution is -2.60. The van der Waals surface area contributed by atoms with E-state index in [1.165, 1.54) is 32.9 Å². The van der Waals surface area contributed by atoms with Crippen molar-refractivity contribution in [2.24, 2.45) is 40.4 Å². The molecule has 0 N–H and O–H groups in total. The van der Waals surface area contributed by atoms with Crippen LogP contribution in [0.3, 0.4) is 0 Å². The van der Waals surface area contributed by atoms with Gasteiger partial charge in [-0.15, -0.1) is 0 Å². The van der Waals surface area contributed by atoms with Gasteiger partial charge in [0.25, 0.3) is 5.78 Å². The molecule has 224 valence electrons. The normalized spacial score (nSPS) is 35.9. The van der Waals surface area contributed by atoms with Crippen LogP contribution in [0, 0.1) is 40.4 Å². The number of esters is 3. The molecule has 3 saturated carbocycles. The number of Topliss-reactive ketones (excluding diaryl/α,β-unsaturated/α-hetero) is 2. The SMILES string of the molecule is CCC(=O)OC(OC(=O)CC)(OC(=O)CC)C(=O)[C@H]1C(C)C[C@H]2[C@@H]3CC(F)C4=CC(=O)C=C[C@]4(C)[C@H]3C(=O)C[C@]12C. The Balaban J connectivity index is 1.79. The van der Waals surface area contributed by atoms with E-state index in [2.05, 4.69) is 0 Å². The molecule has 0 aromatic carbocycles. The van der Waals surface area contributed by atoms with Crippen molar-refractivity contribution in [1.82, 2.24) is 0 Å². The second-order valence-electron chi connectivity index (χ2n) is 12.3. The van der Waals surface area contributed by atoms with Gasteiger partial charge in [-0.1, -0.05) is 47.6 Å². The first-order valence-corrected chi connectivity index (χ1v) is 14.5. The lowest BCUT2D eigenvalue weighted by Gasteiger charge is -2.56. The molecule has 0 aliphatic heterocycles. The van der Waals surface area contributed by atoms with Gasteiger partial charge in [0.05, 0.1) is 0 Å². The van der Waals surface area contributed by atoms with Crippen LogP contribution in [0.5, 0.6) is 0 Å². The third-order valence-electron chi connectivity index (χ3n) is 9.77. The number of halogens is 1. The van der Waals surface area contributed by atoms with E-state index in [0.717, 1.165) is 0 Å². The molecule has 9 nitrogen and oxygen atoms in total. The number of alkyl halides is 1. The summed E-state index contributed by atoms with van der Waals surface area (Å²) >= 11 is 0. The number of hydrogen-bond donors (Lipinski definition) is 0. The lowest BCUT2D eigenvalue weighted by atomic mass is 9.47. The zero-order valence-electron chi connectivity index (χ0n) is 24.5. The van der Waals surface area contributed by atoms with E-state index in [9.17, 15) is 28.8 Å². The van der Waals surface area contributed by atoms with Crippen LogP contribution >= 0.6 is 0 Å².